The summed E-state index contributed by atoms with van der Waals surface area (Å²) >= 11 is 5.02. The van der Waals surface area contributed by atoms with Gasteiger partial charge in [-0.15, -0.1) is 0 Å². The van der Waals surface area contributed by atoms with Crippen LogP contribution in [0.1, 0.15) is 51.5 Å². The molecule has 0 bridgehead atoms. The van der Waals surface area contributed by atoms with E-state index in [0.717, 1.165) is 23.7 Å². The van der Waals surface area contributed by atoms with E-state index in [2.05, 4.69) is 24.1 Å². The van der Waals surface area contributed by atoms with Crippen LogP contribution in [0, 0.1) is 5.92 Å². The third kappa shape index (κ3) is 6.53. The fourth-order valence-corrected chi connectivity index (χ4v) is 2.18. The van der Waals surface area contributed by atoms with E-state index in [0.29, 0.717) is 4.99 Å². The number of rotatable bonds is 9. The molecular formula is C15H25N3S. The second kappa shape index (κ2) is 8.86. The second-order valence-electron chi connectivity index (χ2n) is 5.31. The van der Waals surface area contributed by atoms with E-state index in [-0.39, 0.29) is 0 Å². The first-order valence-electron chi connectivity index (χ1n) is 7.09. The van der Waals surface area contributed by atoms with Crippen LogP contribution < -0.4 is 11.1 Å². The van der Waals surface area contributed by atoms with Gasteiger partial charge in [0, 0.05) is 18.3 Å². The van der Waals surface area contributed by atoms with E-state index < -0.39 is 0 Å². The quantitative estimate of drug-likeness (QED) is 0.534. The van der Waals surface area contributed by atoms with E-state index in [4.69, 9.17) is 18.0 Å². The van der Waals surface area contributed by atoms with Gasteiger partial charge in [-0.3, -0.25) is 4.98 Å². The second-order valence-corrected chi connectivity index (χ2v) is 5.75. The maximum absolute atomic E-state index is 5.68. The van der Waals surface area contributed by atoms with E-state index in [1.807, 2.05) is 6.07 Å². The maximum Gasteiger partial charge on any atom is 0.106 e. The summed E-state index contributed by atoms with van der Waals surface area (Å²) in [4.78, 5) is 4.52. The SMILES string of the molecule is CC(C)CCCCCCNc1cnccc1C(N)=S. The van der Waals surface area contributed by atoms with E-state index in [1.54, 1.807) is 12.4 Å². The van der Waals surface area contributed by atoms with Gasteiger partial charge in [-0.1, -0.05) is 51.7 Å². The van der Waals surface area contributed by atoms with Gasteiger partial charge in [0.15, 0.2) is 0 Å². The Morgan fingerprint density at radius 2 is 2.05 bits per heavy atom. The van der Waals surface area contributed by atoms with Crippen molar-refractivity contribution in [3.8, 4) is 0 Å². The van der Waals surface area contributed by atoms with Crippen molar-refractivity contribution in [2.45, 2.75) is 46.0 Å². The zero-order valence-electron chi connectivity index (χ0n) is 12.0. The monoisotopic (exact) mass is 279 g/mol. The van der Waals surface area contributed by atoms with Gasteiger partial charge < -0.3 is 11.1 Å². The van der Waals surface area contributed by atoms with Crippen LogP contribution in [0.15, 0.2) is 18.5 Å². The lowest BCUT2D eigenvalue weighted by Gasteiger charge is -2.10. The molecule has 0 amide bonds. The highest BCUT2D eigenvalue weighted by atomic mass is 32.1. The normalized spacial score (nSPS) is 10.7. The molecule has 0 aliphatic rings. The number of thiocarbonyl (C=S) groups is 1. The van der Waals surface area contributed by atoms with Crippen LogP contribution in [0.3, 0.4) is 0 Å². The molecule has 3 N–H and O–H groups in total. The molecule has 1 aromatic rings. The van der Waals surface area contributed by atoms with Crippen LogP contribution in [0.4, 0.5) is 5.69 Å². The minimum atomic E-state index is 0.418. The summed E-state index contributed by atoms with van der Waals surface area (Å²) < 4.78 is 0. The van der Waals surface area contributed by atoms with Gasteiger partial charge in [0.25, 0.3) is 0 Å². The predicted molar refractivity (Wildman–Crippen MR) is 86.5 cm³/mol. The summed E-state index contributed by atoms with van der Waals surface area (Å²) in [7, 11) is 0. The minimum Gasteiger partial charge on any atom is -0.389 e. The summed E-state index contributed by atoms with van der Waals surface area (Å²) in [6.45, 7) is 5.51. The zero-order valence-corrected chi connectivity index (χ0v) is 12.8. The van der Waals surface area contributed by atoms with E-state index in [9.17, 15) is 0 Å². The summed E-state index contributed by atoms with van der Waals surface area (Å²) in [6.07, 6.45) is 9.92. The van der Waals surface area contributed by atoms with Gasteiger partial charge in [-0.05, 0) is 18.4 Å². The Kier molecular flexibility index (Phi) is 7.41. The Morgan fingerprint density at radius 3 is 2.74 bits per heavy atom. The van der Waals surface area contributed by atoms with Crippen molar-refractivity contribution < 1.29 is 0 Å². The number of nitrogens with two attached hydrogens (primary N) is 1. The average molecular weight is 279 g/mol. The maximum atomic E-state index is 5.68. The van der Waals surface area contributed by atoms with Crippen molar-refractivity contribution in [2.24, 2.45) is 11.7 Å². The lowest BCUT2D eigenvalue weighted by atomic mass is 10.0. The molecule has 1 rings (SSSR count). The van der Waals surface area contributed by atoms with Gasteiger partial charge in [-0.2, -0.15) is 0 Å². The number of unbranched alkanes of at least 4 members (excludes halogenated alkanes) is 3. The Balaban J connectivity index is 2.21. The lowest BCUT2D eigenvalue weighted by molar-refractivity contribution is 0.523. The average Bonchev–Trinajstić information content (AvgIpc) is 2.37. The van der Waals surface area contributed by atoms with Crippen LogP contribution >= 0.6 is 12.2 Å². The van der Waals surface area contributed by atoms with Crippen LogP contribution in [-0.2, 0) is 0 Å². The molecule has 0 spiro atoms. The summed E-state index contributed by atoms with van der Waals surface area (Å²) in [5.41, 5.74) is 7.50. The molecule has 1 aromatic heterocycles. The number of aromatic nitrogens is 1. The highest BCUT2D eigenvalue weighted by Crippen LogP contribution is 2.14. The Bertz CT molecular complexity index is 391. The van der Waals surface area contributed by atoms with Crippen LogP contribution in [0.2, 0.25) is 0 Å². The number of nitrogens with one attached hydrogen (secondary N) is 1. The first-order valence-corrected chi connectivity index (χ1v) is 7.49. The van der Waals surface area contributed by atoms with Crippen LogP contribution in [0.5, 0.6) is 0 Å². The summed E-state index contributed by atoms with van der Waals surface area (Å²) in [5, 5.41) is 3.36. The minimum absolute atomic E-state index is 0.418. The molecule has 106 valence electrons. The van der Waals surface area contributed by atoms with Crippen molar-refractivity contribution in [2.75, 3.05) is 11.9 Å². The fourth-order valence-electron chi connectivity index (χ4n) is 2.00. The smallest absolute Gasteiger partial charge is 0.106 e. The number of hydrogen-bond acceptors (Lipinski definition) is 3. The fraction of sp³-hybridized carbons (Fsp3) is 0.600. The largest absolute Gasteiger partial charge is 0.389 e. The van der Waals surface area contributed by atoms with Gasteiger partial charge in [0.05, 0.1) is 11.9 Å². The molecule has 0 aromatic carbocycles. The molecule has 19 heavy (non-hydrogen) atoms. The zero-order chi connectivity index (χ0) is 14.1. The molecule has 0 radical (unpaired) electrons. The molecular weight excluding hydrogens is 254 g/mol. The van der Waals surface area contributed by atoms with Crippen molar-refractivity contribution in [1.82, 2.24) is 4.98 Å². The molecule has 0 aliphatic carbocycles. The molecule has 0 saturated heterocycles. The Hall–Kier alpha value is -1.16. The predicted octanol–water partition coefficient (Wildman–Crippen LogP) is 3.73. The number of hydrogen-bond donors (Lipinski definition) is 2. The molecule has 0 saturated carbocycles. The topological polar surface area (TPSA) is 50.9 Å². The van der Waals surface area contributed by atoms with Gasteiger partial charge >= 0.3 is 0 Å². The highest BCUT2D eigenvalue weighted by molar-refractivity contribution is 7.80. The molecule has 0 atom stereocenters. The third-order valence-corrected chi connectivity index (χ3v) is 3.33. The van der Waals surface area contributed by atoms with Crippen LogP contribution in [-0.4, -0.2) is 16.5 Å². The molecule has 0 unspecified atom stereocenters. The summed E-state index contributed by atoms with van der Waals surface area (Å²) in [5.74, 6) is 0.821. The number of pyridine rings is 1. The van der Waals surface area contributed by atoms with Gasteiger partial charge in [0.1, 0.15) is 4.99 Å². The highest BCUT2D eigenvalue weighted by Gasteiger charge is 2.03. The number of nitrogens with zero attached hydrogens (tertiary/aromatic N) is 1. The Labute approximate surface area is 122 Å². The molecule has 3 nitrogen and oxygen atoms in total. The van der Waals surface area contributed by atoms with E-state index in [1.165, 1.54) is 32.1 Å². The van der Waals surface area contributed by atoms with Crippen molar-refractivity contribution >= 4 is 22.9 Å². The van der Waals surface area contributed by atoms with Gasteiger partial charge in [0.2, 0.25) is 0 Å². The first-order chi connectivity index (χ1) is 9.11. The molecule has 1 heterocycles. The number of anilines is 1. The van der Waals surface area contributed by atoms with Crippen molar-refractivity contribution in [1.29, 1.82) is 0 Å². The first kappa shape index (κ1) is 15.9. The van der Waals surface area contributed by atoms with E-state index >= 15 is 0 Å². The van der Waals surface area contributed by atoms with Crippen molar-refractivity contribution in [3.05, 3.63) is 24.0 Å². The Morgan fingerprint density at radius 1 is 1.32 bits per heavy atom. The summed E-state index contributed by atoms with van der Waals surface area (Å²) in [6, 6.07) is 1.85. The van der Waals surface area contributed by atoms with Crippen LogP contribution in [0.25, 0.3) is 0 Å². The third-order valence-electron chi connectivity index (χ3n) is 3.11. The molecule has 4 heteroatoms. The van der Waals surface area contributed by atoms with Gasteiger partial charge in [-0.25, -0.2) is 0 Å². The molecule has 0 fully saturated rings. The van der Waals surface area contributed by atoms with Crippen molar-refractivity contribution in [3.63, 3.8) is 0 Å². The molecule has 0 aliphatic heterocycles. The standard InChI is InChI=1S/C15H25N3S/c1-12(2)7-5-3-4-6-9-18-14-11-17-10-8-13(14)15(16)19/h8,10-12,18H,3-7,9H2,1-2H3,(H2,16,19). The lowest BCUT2D eigenvalue weighted by Crippen LogP contribution is -2.14.